The van der Waals surface area contributed by atoms with Crippen LogP contribution in [0.5, 0.6) is 0 Å². The lowest BCUT2D eigenvalue weighted by atomic mass is 10.1. The number of thiophene rings is 1. The number of anilines is 1. The molecule has 0 saturated carbocycles. The first-order valence-electron chi connectivity index (χ1n) is 4.16. The van der Waals surface area contributed by atoms with Crippen LogP contribution in [0.25, 0.3) is 10.1 Å². The van der Waals surface area contributed by atoms with Crippen LogP contribution in [0.1, 0.15) is 5.56 Å². The normalized spacial score (nSPS) is 11.0. The minimum Gasteiger partial charge on any atom is -0.398 e. The number of nitrogen functional groups attached to an aromatic ring is 1. The summed E-state index contributed by atoms with van der Waals surface area (Å²) in [6, 6.07) is 4.25. The summed E-state index contributed by atoms with van der Waals surface area (Å²) >= 11 is 6.99. The SMILES string of the molecule is CSc1csc2cc(N)c(CBr)cc12. The topological polar surface area (TPSA) is 26.0 Å². The Morgan fingerprint density at radius 2 is 2.29 bits per heavy atom. The Morgan fingerprint density at radius 1 is 1.50 bits per heavy atom. The van der Waals surface area contributed by atoms with Gasteiger partial charge in [0, 0.05) is 31.4 Å². The molecule has 0 spiro atoms. The molecule has 0 bridgehead atoms. The highest BCUT2D eigenvalue weighted by atomic mass is 79.9. The number of thioether (sulfide) groups is 1. The maximum atomic E-state index is 5.92. The summed E-state index contributed by atoms with van der Waals surface area (Å²) < 4.78 is 1.27. The van der Waals surface area contributed by atoms with Crippen LogP contribution in [-0.4, -0.2) is 6.26 Å². The molecule has 2 aromatic rings. The smallest absolute Gasteiger partial charge is 0.0375 e. The van der Waals surface area contributed by atoms with E-state index in [4.69, 9.17) is 5.73 Å². The highest BCUT2D eigenvalue weighted by Crippen LogP contribution is 2.35. The fourth-order valence-electron chi connectivity index (χ4n) is 1.38. The van der Waals surface area contributed by atoms with Gasteiger partial charge in [-0.2, -0.15) is 0 Å². The van der Waals surface area contributed by atoms with Gasteiger partial charge < -0.3 is 5.73 Å². The molecule has 0 fully saturated rings. The summed E-state index contributed by atoms with van der Waals surface area (Å²) in [5.41, 5.74) is 7.97. The second kappa shape index (κ2) is 4.13. The first-order valence-corrected chi connectivity index (χ1v) is 7.38. The minimum atomic E-state index is 0.818. The van der Waals surface area contributed by atoms with E-state index in [2.05, 4.69) is 39.7 Å². The Morgan fingerprint density at radius 3 is 2.93 bits per heavy atom. The van der Waals surface area contributed by atoms with Crippen molar-refractivity contribution in [1.29, 1.82) is 0 Å². The van der Waals surface area contributed by atoms with Gasteiger partial charge in [0.1, 0.15) is 0 Å². The van der Waals surface area contributed by atoms with Crippen LogP contribution in [0, 0.1) is 0 Å². The lowest BCUT2D eigenvalue weighted by Gasteiger charge is -2.02. The molecule has 0 unspecified atom stereocenters. The summed E-state index contributed by atoms with van der Waals surface area (Å²) in [6.45, 7) is 0. The fraction of sp³-hybridized carbons (Fsp3) is 0.200. The van der Waals surface area contributed by atoms with Gasteiger partial charge in [-0.3, -0.25) is 0 Å². The molecule has 1 aromatic carbocycles. The Kier molecular flexibility index (Phi) is 3.04. The number of benzene rings is 1. The predicted octanol–water partition coefficient (Wildman–Crippen LogP) is 4.10. The molecule has 2 N–H and O–H groups in total. The average Bonchev–Trinajstić information content (AvgIpc) is 2.58. The number of rotatable bonds is 2. The Labute approximate surface area is 99.8 Å². The van der Waals surface area contributed by atoms with Crippen LogP contribution in [0.3, 0.4) is 0 Å². The van der Waals surface area contributed by atoms with E-state index in [0.717, 1.165) is 11.0 Å². The molecule has 74 valence electrons. The second-order valence-electron chi connectivity index (χ2n) is 2.98. The van der Waals surface area contributed by atoms with Gasteiger partial charge in [0.15, 0.2) is 0 Å². The molecule has 1 aromatic heterocycles. The van der Waals surface area contributed by atoms with Gasteiger partial charge in [0.25, 0.3) is 0 Å². The monoisotopic (exact) mass is 287 g/mol. The third-order valence-corrected chi connectivity index (χ3v) is 4.64. The molecule has 1 heterocycles. The van der Waals surface area contributed by atoms with Crippen LogP contribution in [-0.2, 0) is 5.33 Å². The number of halogens is 1. The maximum Gasteiger partial charge on any atom is 0.0375 e. The molecule has 1 nitrogen and oxygen atoms in total. The van der Waals surface area contributed by atoms with Crippen molar-refractivity contribution in [3.05, 3.63) is 23.1 Å². The van der Waals surface area contributed by atoms with E-state index in [1.165, 1.54) is 20.5 Å². The van der Waals surface area contributed by atoms with Crippen LogP contribution in [0.2, 0.25) is 0 Å². The number of nitrogens with two attached hydrogens (primary N) is 1. The standard InChI is InChI=1S/C10H10BrNS2/c1-13-10-5-14-9-3-8(12)6(4-11)2-7(9)10/h2-3,5H,4,12H2,1H3. The molecule has 2 rings (SSSR count). The number of hydrogen-bond acceptors (Lipinski definition) is 3. The predicted molar refractivity (Wildman–Crippen MR) is 70.6 cm³/mol. The Balaban J connectivity index is 2.70. The van der Waals surface area contributed by atoms with Crippen molar-refractivity contribution in [3.63, 3.8) is 0 Å². The van der Waals surface area contributed by atoms with Gasteiger partial charge in [-0.05, 0) is 24.0 Å². The first kappa shape index (κ1) is 10.3. The molecular formula is C10H10BrNS2. The van der Waals surface area contributed by atoms with E-state index in [1.807, 2.05) is 0 Å². The van der Waals surface area contributed by atoms with E-state index in [0.29, 0.717) is 0 Å². The minimum absolute atomic E-state index is 0.818. The van der Waals surface area contributed by atoms with Crippen molar-refractivity contribution in [2.24, 2.45) is 0 Å². The van der Waals surface area contributed by atoms with E-state index in [1.54, 1.807) is 23.1 Å². The van der Waals surface area contributed by atoms with Gasteiger partial charge in [-0.1, -0.05) is 15.9 Å². The van der Waals surface area contributed by atoms with Gasteiger partial charge >= 0.3 is 0 Å². The van der Waals surface area contributed by atoms with Gasteiger partial charge in [0.2, 0.25) is 0 Å². The van der Waals surface area contributed by atoms with Crippen molar-refractivity contribution >= 4 is 54.8 Å². The zero-order chi connectivity index (χ0) is 10.1. The third-order valence-electron chi connectivity index (χ3n) is 2.16. The number of fused-ring (bicyclic) bond motifs is 1. The molecule has 0 aliphatic carbocycles. The maximum absolute atomic E-state index is 5.92. The molecule has 0 aliphatic rings. The molecule has 0 aliphatic heterocycles. The highest BCUT2D eigenvalue weighted by Gasteiger charge is 2.06. The average molecular weight is 288 g/mol. The Bertz CT molecular complexity index is 464. The van der Waals surface area contributed by atoms with Crippen molar-refractivity contribution in [2.45, 2.75) is 10.2 Å². The van der Waals surface area contributed by atoms with E-state index >= 15 is 0 Å². The molecule has 0 atom stereocenters. The lowest BCUT2D eigenvalue weighted by molar-refractivity contribution is 1.46. The van der Waals surface area contributed by atoms with Gasteiger partial charge in [-0.25, -0.2) is 0 Å². The van der Waals surface area contributed by atoms with Crippen molar-refractivity contribution in [2.75, 3.05) is 12.0 Å². The van der Waals surface area contributed by atoms with Crippen molar-refractivity contribution in [1.82, 2.24) is 0 Å². The van der Waals surface area contributed by atoms with E-state index in [9.17, 15) is 0 Å². The van der Waals surface area contributed by atoms with E-state index in [-0.39, 0.29) is 0 Å². The van der Waals surface area contributed by atoms with Gasteiger partial charge in [0.05, 0.1) is 0 Å². The molecular weight excluding hydrogens is 278 g/mol. The van der Waals surface area contributed by atoms with Crippen LogP contribution in [0.15, 0.2) is 22.4 Å². The zero-order valence-corrected chi connectivity index (χ0v) is 10.9. The molecule has 4 heteroatoms. The van der Waals surface area contributed by atoms with Crippen LogP contribution >= 0.6 is 39.0 Å². The summed E-state index contributed by atoms with van der Waals surface area (Å²) in [5.74, 6) is 0. The number of hydrogen-bond donors (Lipinski definition) is 1. The lowest BCUT2D eigenvalue weighted by Crippen LogP contribution is -1.90. The zero-order valence-electron chi connectivity index (χ0n) is 7.71. The number of alkyl halides is 1. The van der Waals surface area contributed by atoms with Crippen molar-refractivity contribution in [3.8, 4) is 0 Å². The van der Waals surface area contributed by atoms with Crippen LogP contribution in [0.4, 0.5) is 5.69 Å². The Hall–Kier alpha value is -0.190. The largest absolute Gasteiger partial charge is 0.398 e. The molecule has 14 heavy (non-hydrogen) atoms. The summed E-state index contributed by atoms with van der Waals surface area (Å²) in [5, 5.41) is 4.33. The van der Waals surface area contributed by atoms with Crippen molar-refractivity contribution < 1.29 is 0 Å². The highest BCUT2D eigenvalue weighted by molar-refractivity contribution is 9.08. The van der Waals surface area contributed by atoms with Crippen LogP contribution < -0.4 is 5.73 Å². The summed E-state index contributed by atoms with van der Waals surface area (Å²) in [4.78, 5) is 1.34. The third kappa shape index (κ3) is 1.66. The molecule has 0 radical (unpaired) electrons. The fourth-order valence-corrected chi connectivity index (χ4v) is 3.70. The molecule has 0 amide bonds. The van der Waals surface area contributed by atoms with E-state index < -0.39 is 0 Å². The summed E-state index contributed by atoms with van der Waals surface area (Å²) in [7, 11) is 0. The summed E-state index contributed by atoms with van der Waals surface area (Å²) in [6.07, 6.45) is 2.10. The molecule has 0 saturated heterocycles. The quantitative estimate of drug-likeness (QED) is 0.511. The van der Waals surface area contributed by atoms with Gasteiger partial charge in [-0.15, -0.1) is 23.1 Å². The first-order chi connectivity index (χ1) is 6.76. The second-order valence-corrected chi connectivity index (χ2v) is 5.30.